The van der Waals surface area contributed by atoms with Gasteiger partial charge in [0.25, 0.3) is 0 Å². The highest BCUT2D eigenvalue weighted by atomic mass is 16.6. The molecule has 0 spiro atoms. The Balaban J connectivity index is 4.52. The molecule has 6 heteroatoms. The predicted octanol–water partition coefficient (Wildman–Crippen LogP) is 17.2. The van der Waals surface area contributed by atoms with Crippen molar-refractivity contribution in [2.45, 2.75) is 245 Å². The minimum absolute atomic E-state index is 0.108. The molecule has 0 fully saturated rings. The Morgan fingerprint density at radius 2 is 0.587 bits per heavy atom. The second kappa shape index (κ2) is 51.2. The fourth-order valence-corrected chi connectivity index (χ4v) is 6.87. The topological polar surface area (TPSA) is 78.9 Å². The molecule has 0 amide bonds. The van der Waals surface area contributed by atoms with Crippen molar-refractivity contribution >= 4 is 17.9 Å². The molecule has 0 rings (SSSR count). The third kappa shape index (κ3) is 49.5. The number of rotatable bonds is 46. The maximum Gasteiger partial charge on any atom is 0.306 e. The normalized spacial score (nSPS) is 12.7. The van der Waals surface area contributed by atoms with Gasteiger partial charge in [0.15, 0.2) is 6.10 Å². The van der Waals surface area contributed by atoms with E-state index in [1.807, 2.05) is 0 Å². The summed E-state index contributed by atoms with van der Waals surface area (Å²) in [7, 11) is 0. The van der Waals surface area contributed by atoms with E-state index in [0.717, 1.165) is 103 Å². The monoisotopic (exact) mass is 877 g/mol. The van der Waals surface area contributed by atoms with E-state index in [1.54, 1.807) is 0 Å². The van der Waals surface area contributed by atoms with Crippen LogP contribution < -0.4 is 0 Å². The molecular formula is C57H96O6. The van der Waals surface area contributed by atoms with Crippen molar-refractivity contribution in [3.8, 4) is 0 Å². The Labute approximate surface area is 388 Å². The second-order valence-corrected chi connectivity index (χ2v) is 17.1. The molecule has 360 valence electrons. The molecule has 0 heterocycles. The third-order valence-corrected chi connectivity index (χ3v) is 10.8. The van der Waals surface area contributed by atoms with Crippen molar-refractivity contribution in [1.82, 2.24) is 0 Å². The summed E-state index contributed by atoms with van der Waals surface area (Å²) < 4.78 is 16.7. The average Bonchev–Trinajstić information content (AvgIpc) is 3.28. The molecule has 0 saturated heterocycles. The SMILES string of the molecule is CCCCC/C=C\C/C=C\C/C=C\C/C=C\CCCC(=O)O[C@H](COC(=O)CCCCCCC/C=C\C/C=C\CCCCC)COC(=O)CCCCCCC/C=C\CCCCCC. The van der Waals surface area contributed by atoms with E-state index in [1.165, 1.54) is 89.9 Å². The Bertz CT molecular complexity index is 1240. The minimum Gasteiger partial charge on any atom is -0.462 e. The van der Waals surface area contributed by atoms with Crippen molar-refractivity contribution < 1.29 is 28.6 Å². The van der Waals surface area contributed by atoms with Gasteiger partial charge in [-0.2, -0.15) is 0 Å². The van der Waals surface area contributed by atoms with Crippen molar-refractivity contribution in [3.05, 3.63) is 85.1 Å². The molecule has 63 heavy (non-hydrogen) atoms. The first-order chi connectivity index (χ1) is 31.0. The van der Waals surface area contributed by atoms with Crippen LogP contribution in [0.1, 0.15) is 239 Å². The first kappa shape index (κ1) is 59.6. The summed E-state index contributed by atoms with van der Waals surface area (Å²) in [5.41, 5.74) is 0. The van der Waals surface area contributed by atoms with Crippen LogP contribution in [0.15, 0.2) is 85.1 Å². The molecule has 0 aliphatic rings. The smallest absolute Gasteiger partial charge is 0.306 e. The van der Waals surface area contributed by atoms with Gasteiger partial charge in [-0.1, -0.05) is 189 Å². The van der Waals surface area contributed by atoms with Gasteiger partial charge in [-0.05, 0) is 116 Å². The zero-order valence-corrected chi connectivity index (χ0v) is 41.1. The van der Waals surface area contributed by atoms with Gasteiger partial charge in [-0.3, -0.25) is 14.4 Å². The van der Waals surface area contributed by atoms with E-state index in [-0.39, 0.29) is 37.5 Å². The van der Waals surface area contributed by atoms with Gasteiger partial charge in [-0.25, -0.2) is 0 Å². The third-order valence-electron chi connectivity index (χ3n) is 10.8. The van der Waals surface area contributed by atoms with Crippen LogP contribution >= 0.6 is 0 Å². The van der Waals surface area contributed by atoms with E-state index in [2.05, 4.69) is 106 Å². The number of carbonyl (C=O) groups is 3. The largest absolute Gasteiger partial charge is 0.462 e. The molecule has 6 nitrogen and oxygen atoms in total. The van der Waals surface area contributed by atoms with Gasteiger partial charge in [0.2, 0.25) is 0 Å². The van der Waals surface area contributed by atoms with Gasteiger partial charge >= 0.3 is 17.9 Å². The summed E-state index contributed by atoms with van der Waals surface area (Å²) in [4.78, 5) is 38.0. The van der Waals surface area contributed by atoms with E-state index >= 15 is 0 Å². The quantitative estimate of drug-likeness (QED) is 0.0262. The summed E-state index contributed by atoms with van der Waals surface area (Å²) in [5, 5.41) is 0. The summed E-state index contributed by atoms with van der Waals surface area (Å²) in [5.74, 6) is -0.988. The van der Waals surface area contributed by atoms with E-state index in [0.29, 0.717) is 19.3 Å². The summed E-state index contributed by atoms with van der Waals surface area (Å²) in [6.07, 6.45) is 65.6. The lowest BCUT2D eigenvalue weighted by Crippen LogP contribution is -2.30. The average molecular weight is 877 g/mol. The van der Waals surface area contributed by atoms with Crippen molar-refractivity contribution in [1.29, 1.82) is 0 Å². The lowest BCUT2D eigenvalue weighted by molar-refractivity contribution is -0.167. The summed E-state index contributed by atoms with van der Waals surface area (Å²) >= 11 is 0. The highest BCUT2D eigenvalue weighted by Crippen LogP contribution is 2.12. The first-order valence-electron chi connectivity index (χ1n) is 26.1. The lowest BCUT2D eigenvalue weighted by atomic mass is 10.1. The number of ether oxygens (including phenoxy) is 3. The fraction of sp³-hybridized carbons (Fsp3) is 0.702. The van der Waals surface area contributed by atoms with Crippen LogP contribution in [0.2, 0.25) is 0 Å². The minimum atomic E-state index is -0.814. The molecule has 0 saturated carbocycles. The fourth-order valence-electron chi connectivity index (χ4n) is 6.87. The molecule has 0 aliphatic heterocycles. The molecule has 0 bridgehead atoms. The first-order valence-corrected chi connectivity index (χ1v) is 26.1. The molecule has 0 aromatic rings. The van der Waals surface area contributed by atoms with Crippen LogP contribution in [0, 0.1) is 0 Å². The highest BCUT2D eigenvalue weighted by Gasteiger charge is 2.19. The van der Waals surface area contributed by atoms with Crippen molar-refractivity contribution in [2.75, 3.05) is 13.2 Å². The maximum absolute atomic E-state index is 12.8. The van der Waals surface area contributed by atoms with Gasteiger partial charge in [0, 0.05) is 19.3 Å². The number of unbranched alkanes of at least 4 members (excludes halogenated alkanes) is 21. The molecule has 0 N–H and O–H groups in total. The van der Waals surface area contributed by atoms with Crippen LogP contribution in [0.3, 0.4) is 0 Å². The van der Waals surface area contributed by atoms with E-state index in [4.69, 9.17) is 14.2 Å². The molecule has 0 aromatic carbocycles. The number of carbonyl (C=O) groups excluding carboxylic acids is 3. The van der Waals surface area contributed by atoms with Crippen LogP contribution in [0.25, 0.3) is 0 Å². The van der Waals surface area contributed by atoms with E-state index in [9.17, 15) is 14.4 Å². The summed E-state index contributed by atoms with van der Waals surface area (Å²) in [6, 6.07) is 0. The van der Waals surface area contributed by atoms with Crippen LogP contribution in [-0.2, 0) is 28.6 Å². The number of hydrogen-bond acceptors (Lipinski definition) is 6. The van der Waals surface area contributed by atoms with Crippen LogP contribution in [0.4, 0.5) is 0 Å². The number of esters is 3. The molecule has 0 radical (unpaired) electrons. The molecule has 0 aromatic heterocycles. The standard InChI is InChI=1S/C57H96O6/c1-4-7-10-13-16-19-22-25-27-28-30-33-36-39-42-45-48-51-57(60)63-54(52-61-55(58)49-46-43-40-37-34-31-24-21-18-15-12-9-6-3)53-62-56(59)50-47-44-41-38-35-32-29-26-23-20-17-14-11-8-5-2/h16-17,19-21,24-27,29-30,33,39,42,54H,4-15,18,22-23,28,31-32,34-38,40-41,43-53H2,1-3H3/b19-16-,20-17-,24-21-,27-25-,29-26-,33-30-,42-39-/t54-/m0/s1. The highest BCUT2D eigenvalue weighted by molar-refractivity contribution is 5.71. The maximum atomic E-state index is 12.8. The Morgan fingerprint density at radius 1 is 0.317 bits per heavy atom. The molecular weight excluding hydrogens is 781 g/mol. The number of hydrogen-bond donors (Lipinski definition) is 0. The van der Waals surface area contributed by atoms with Gasteiger partial charge in [-0.15, -0.1) is 0 Å². The van der Waals surface area contributed by atoms with Crippen LogP contribution in [-0.4, -0.2) is 37.2 Å². The molecule has 0 unspecified atom stereocenters. The van der Waals surface area contributed by atoms with Crippen molar-refractivity contribution in [2.24, 2.45) is 0 Å². The van der Waals surface area contributed by atoms with Crippen molar-refractivity contribution in [3.63, 3.8) is 0 Å². The van der Waals surface area contributed by atoms with Gasteiger partial charge in [0.05, 0.1) is 0 Å². The zero-order chi connectivity index (χ0) is 45.8. The van der Waals surface area contributed by atoms with E-state index < -0.39 is 6.10 Å². The lowest BCUT2D eigenvalue weighted by Gasteiger charge is -2.18. The molecule has 0 aliphatic carbocycles. The van der Waals surface area contributed by atoms with Gasteiger partial charge in [0.1, 0.15) is 13.2 Å². The summed E-state index contributed by atoms with van der Waals surface area (Å²) in [6.45, 7) is 6.50. The van der Waals surface area contributed by atoms with Gasteiger partial charge < -0.3 is 14.2 Å². The Kier molecular flexibility index (Phi) is 48.5. The Morgan fingerprint density at radius 3 is 0.984 bits per heavy atom. The van der Waals surface area contributed by atoms with Crippen LogP contribution in [0.5, 0.6) is 0 Å². The molecule has 1 atom stereocenters. The predicted molar refractivity (Wildman–Crippen MR) is 270 cm³/mol. The zero-order valence-electron chi connectivity index (χ0n) is 41.1. The Hall–Kier alpha value is -3.41. The second-order valence-electron chi connectivity index (χ2n) is 17.1. The number of allylic oxidation sites excluding steroid dienone is 14.